The van der Waals surface area contributed by atoms with Gasteiger partial charge in [0.25, 0.3) is 6.01 Å². The minimum atomic E-state index is 0.510. The van der Waals surface area contributed by atoms with Gasteiger partial charge >= 0.3 is 0 Å². The minimum Gasteiger partial charge on any atom is -0.468 e. The molecule has 0 bridgehead atoms. The van der Waals surface area contributed by atoms with Crippen molar-refractivity contribution < 1.29 is 4.74 Å². The summed E-state index contributed by atoms with van der Waals surface area (Å²) >= 11 is 0. The maximum Gasteiger partial charge on any atom is 0.295 e. The standard InChI is InChI=1S/C9H11N3O/c1-5-4-6(2)10-8-7(5)11-9(12-8)13-3/h4H,1-3H3,(H,10,11,12). The molecule has 0 atom stereocenters. The SMILES string of the molecule is COc1nc2nc(C)cc(C)c2[nH]1. The van der Waals surface area contributed by atoms with Crippen LogP contribution in [0.1, 0.15) is 11.3 Å². The van der Waals surface area contributed by atoms with Crippen molar-refractivity contribution in [2.45, 2.75) is 13.8 Å². The summed E-state index contributed by atoms with van der Waals surface area (Å²) in [5, 5.41) is 0. The van der Waals surface area contributed by atoms with Crippen LogP contribution in [0, 0.1) is 13.8 Å². The van der Waals surface area contributed by atoms with Gasteiger partial charge in [0.15, 0.2) is 5.65 Å². The number of aryl methyl sites for hydroxylation is 2. The second kappa shape index (κ2) is 2.73. The monoisotopic (exact) mass is 177 g/mol. The van der Waals surface area contributed by atoms with Crippen LogP contribution >= 0.6 is 0 Å². The lowest BCUT2D eigenvalue weighted by molar-refractivity contribution is 0.385. The van der Waals surface area contributed by atoms with Crippen molar-refractivity contribution in [3.05, 3.63) is 17.3 Å². The van der Waals surface area contributed by atoms with E-state index < -0.39 is 0 Å². The van der Waals surface area contributed by atoms with Crippen molar-refractivity contribution in [2.24, 2.45) is 0 Å². The van der Waals surface area contributed by atoms with E-state index in [0.717, 1.165) is 16.8 Å². The van der Waals surface area contributed by atoms with E-state index in [-0.39, 0.29) is 0 Å². The van der Waals surface area contributed by atoms with E-state index in [2.05, 4.69) is 15.0 Å². The highest BCUT2D eigenvalue weighted by atomic mass is 16.5. The normalized spacial score (nSPS) is 10.7. The molecular formula is C9H11N3O. The first-order chi connectivity index (χ1) is 6.20. The summed E-state index contributed by atoms with van der Waals surface area (Å²) in [6.45, 7) is 3.97. The van der Waals surface area contributed by atoms with E-state index in [0.29, 0.717) is 11.7 Å². The van der Waals surface area contributed by atoms with Crippen molar-refractivity contribution in [1.82, 2.24) is 15.0 Å². The van der Waals surface area contributed by atoms with Gasteiger partial charge in [-0.05, 0) is 25.5 Å². The maximum atomic E-state index is 4.99. The molecule has 2 rings (SSSR count). The van der Waals surface area contributed by atoms with E-state index in [9.17, 15) is 0 Å². The van der Waals surface area contributed by atoms with Crippen molar-refractivity contribution in [3.63, 3.8) is 0 Å². The second-order valence-corrected chi connectivity index (χ2v) is 3.03. The Balaban J connectivity index is 2.75. The van der Waals surface area contributed by atoms with E-state index in [1.165, 1.54) is 0 Å². The number of hydrogen-bond donors (Lipinski definition) is 1. The molecule has 0 unspecified atom stereocenters. The van der Waals surface area contributed by atoms with Gasteiger partial charge in [0.05, 0.1) is 12.6 Å². The Morgan fingerprint density at radius 2 is 2.08 bits per heavy atom. The molecule has 68 valence electrons. The smallest absolute Gasteiger partial charge is 0.295 e. The number of rotatable bonds is 1. The first-order valence-electron chi connectivity index (χ1n) is 4.08. The first kappa shape index (κ1) is 8.04. The van der Waals surface area contributed by atoms with Crippen LogP contribution in [0.15, 0.2) is 6.07 Å². The zero-order valence-corrected chi connectivity index (χ0v) is 7.88. The number of pyridine rings is 1. The zero-order chi connectivity index (χ0) is 9.42. The Hall–Kier alpha value is -1.58. The van der Waals surface area contributed by atoms with Gasteiger partial charge in [-0.15, -0.1) is 0 Å². The quantitative estimate of drug-likeness (QED) is 0.719. The lowest BCUT2D eigenvalue weighted by atomic mass is 10.2. The van der Waals surface area contributed by atoms with Crippen LogP contribution in [-0.2, 0) is 0 Å². The Kier molecular flexibility index (Phi) is 1.69. The molecule has 2 aromatic heterocycles. The summed E-state index contributed by atoms with van der Waals surface area (Å²) in [5.41, 5.74) is 3.77. The van der Waals surface area contributed by atoms with Crippen molar-refractivity contribution >= 4 is 11.2 Å². The molecular weight excluding hydrogens is 166 g/mol. The number of imidazole rings is 1. The number of hydrogen-bond acceptors (Lipinski definition) is 3. The average molecular weight is 177 g/mol. The molecule has 2 aromatic rings. The molecule has 0 aliphatic heterocycles. The third-order valence-electron chi connectivity index (χ3n) is 1.96. The van der Waals surface area contributed by atoms with Gasteiger partial charge < -0.3 is 9.72 Å². The molecule has 0 amide bonds. The lowest BCUT2D eigenvalue weighted by Gasteiger charge is -1.95. The van der Waals surface area contributed by atoms with Crippen LogP contribution in [0.3, 0.4) is 0 Å². The molecule has 0 aliphatic rings. The third-order valence-corrected chi connectivity index (χ3v) is 1.96. The number of H-pyrrole nitrogens is 1. The van der Waals surface area contributed by atoms with Crippen LogP contribution in [0.2, 0.25) is 0 Å². The number of aromatic amines is 1. The van der Waals surface area contributed by atoms with Gasteiger partial charge in [-0.25, -0.2) is 4.98 Å². The molecule has 13 heavy (non-hydrogen) atoms. The van der Waals surface area contributed by atoms with Gasteiger partial charge in [-0.2, -0.15) is 4.98 Å². The maximum absolute atomic E-state index is 4.99. The Morgan fingerprint density at radius 3 is 2.77 bits per heavy atom. The molecule has 0 fully saturated rings. The number of fused-ring (bicyclic) bond motifs is 1. The predicted octanol–water partition coefficient (Wildman–Crippen LogP) is 1.58. The fourth-order valence-corrected chi connectivity index (χ4v) is 1.38. The van der Waals surface area contributed by atoms with Crippen LogP contribution < -0.4 is 4.74 Å². The van der Waals surface area contributed by atoms with Gasteiger partial charge in [0.1, 0.15) is 0 Å². The van der Waals surface area contributed by atoms with Gasteiger partial charge in [0.2, 0.25) is 0 Å². The summed E-state index contributed by atoms with van der Waals surface area (Å²) < 4.78 is 4.99. The van der Waals surface area contributed by atoms with E-state index >= 15 is 0 Å². The molecule has 0 aliphatic carbocycles. The summed E-state index contributed by atoms with van der Waals surface area (Å²) in [6.07, 6.45) is 0. The fourth-order valence-electron chi connectivity index (χ4n) is 1.38. The van der Waals surface area contributed by atoms with E-state index in [1.54, 1.807) is 7.11 Å². The van der Waals surface area contributed by atoms with Crippen molar-refractivity contribution in [1.29, 1.82) is 0 Å². The summed E-state index contributed by atoms with van der Waals surface area (Å²) in [4.78, 5) is 11.5. The Labute approximate surface area is 76.0 Å². The number of aromatic nitrogens is 3. The predicted molar refractivity (Wildman–Crippen MR) is 49.9 cm³/mol. The van der Waals surface area contributed by atoms with Gasteiger partial charge in [-0.3, -0.25) is 0 Å². The summed E-state index contributed by atoms with van der Waals surface area (Å²) in [6, 6.07) is 2.52. The first-order valence-corrected chi connectivity index (χ1v) is 4.08. The van der Waals surface area contributed by atoms with Crippen LogP contribution in [0.5, 0.6) is 6.01 Å². The van der Waals surface area contributed by atoms with Gasteiger partial charge in [-0.1, -0.05) is 0 Å². The highest BCUT2D eigenvalue weighted by Crippen LogP contribution is 2.17. The molecule has 0 aromatic carbocycles. The van der Waals surface area contributed by atoms with Gasteiger partial charge in [0, 0.05) is 5.69 Å². The minimum absolute atomic E-state index is 0.510. The van der Waals surface area contributed by atoms with Crippen molar-refractivity contribution in [2.75, 3.05) is 7.11 Å². The number of nitrogens with one attached hydrogen (secondary N) is 1. The van der Waals surface area contributed by atoms with Crippen LogP contribution in [-0.4, -0.2) is 22.1 Å². The van der Waals surface area contributed by atoms with Crippen LogP contribution in [0.25, 0.3) is 11.2 Å². The molecule has 4 heteroatoms. The Morgan fingerprint density at radius 1 is 1.31 bits per heavy atom. The highest BCUT2D eigenvalue weighted by molar-refractivity contribution is 5.75. The topological polar surface area (TPSA) is 50.8 Å². The van der Waals surface area contributed by atoms with E-state index in [4.69, 9.17) is 4.74 Å². The third kappa shape index (κ3) is 1.24. The summed E-state index contributed by atoms with van der Waals surface area (Å²) in [5.74, 6) is 0. The summed E-state index contributed by atoms with van der Waals surface area (Å²) in [7, 11) is 1.58. The number of nitrogens with zero attached hydrogens (tertiary/aromatic N) is 2. The second-order valence-electron chi connectivity index (χ2n) is 3.03. The molecule has 0 saturated heterocycles. The molecule has 1 N–H and O–H groups in total. The molecule has 4 nitrogen and oxygen atoms in total. The van der Waals surface area contributed by atoms with Crippen LogP contribution in [0.4, 0.5) is 0 Å². The average Bonchev–Trinajstić information content (AvgIpc) is 2.47. The molecule has 2 heterocycles. The largest absolute Gasteiger partial charge is 0.468 e. The highest BCUT2D eigenvalue weighted by Gasteiger charge is 2.06. The molecule has 0 spiro atoms. The Bertz CT molecular complexity index is 447. The fraction of sp³-hybridized carbons (Fsp3) is 0.333. The zero-order valence-electron chi connectivity index (χ0n) is 7.88. The molecule has 0 radical (unpaired) electrons. The van der Waals surface area contributed by atoms with Crippen molar-refractivity contribution in [3.8, 4) is 6.01 Å². The number of ether oxygens (including phenoxy) is 1. The number of methoxy groups -OCH3 is 1. The van der Waals surface area contributed by atoms with E-state index in [1.807, 2.05) is 19.9 Å². The lowest BCUT2D eigenvalue weighted by Crippen LogP contribution is -1.85. The molecule has 0 saturated carbocycles.